The van der Waals surface area contributed by atoms with Crippen LogP contribution in [0.1, 0.15) is 31.0 Å². The van der Waals surface area contributed by atoms with Crippen LogP contribution in [-0.4, -0.2) is 30.9 Å². The number of hydrazine groups is 1. The summed E-state index contributed by atoms with van der Waals surface area (Å²) in [5.74, 6) is 6.43. The molecule has 1 fully saturated rings. The molecule has 1 saturated heterocycles. The van der Waals surface area contributed by atoms with Gasteiger partial charge in [-0.05, 0) is 36.8 Å². The lowest BCUT2D eigenvalue weighted by Crippen LogP contribution is -2.38. The van der Waals surface area contributed by atoms with E-state index in [1.165, 1.54) is 5.56 Å². The zero-order valence-corrected chi connectivity index (χ0v) is 12.7. The van der Waals surface area contributed by atoms with Crippen molar-refractivity contribution in [3.8, 4) is 0 Å². The van der Waals surface area contributed by atoms with Crippen molar-refractivity contribution in [1.82, 2.24) is 10.4 Å². The Morgan fingerprint density at radius 3 is 2.80 bits per heavy atom. The number of aryl methyl sites for hydroxylation is 1. The summed E-state index contributed by atoms with van der Waals surface area (Å²) in [5, 5.41) is 0. The average molecular weight is 297 g/mol. The number of nitrogens with two attached hydrogens (primary N) is 1. The molecular formula is C14H23N3O2S. The minimum atomic E-state index is -2.82. The number of hydrogen-bond acceptors (Lipinski definition) is 5. The first-order chi connectivity index (χ1) is 9.52. The van der Waals surface area contributed by atoms with Gasteiger partial charge in [0, 0.05) is 24.4 Å². The van der Waals surface area contributed by atoms with Crippen LogP contribution in [0.25, 0.3) is 0 Å². The molecule has 2 atom stereocenters. The summed E-state index contributed by atoms with van der Waals surface area (Å²) in [7, 11) is -2.82. The van der Waals surface area contributed by atoms with Crippen molar-refractivity contribution in [3.63, 3.8) is 0 Å². The van der Waals surface area contributed by atoms with E-state index < -0.39 is 9.84 Å². The van der Waals surface area contributed by atoms with Gasteiger partial charge in [-0.2, -0.15) is 0 Å². The zero-order chi connectivity index (χ0) is 14.6. The van der Waals surface area contributed by atoms with Gasteiger partial charge < -0.3 is 0 Å². The summed E-state index contributed by atoms with van der Waals surface area (Å²) in [5.41, 5.74) is 5.01. The molecule has 1 aliphatic heterocycles. The largest absolute Gasteiger partial charge is 0.271 e. The number of pyridine rings is 1. The van der Waals surface area contributed by atoms with Crippen LogP contribution in [0, 0.1) is 5.92 Å². The van der Waals surface area contributed by atoms with Crippen LogP contribution >= 0.6 is 0 Å². The van der Waals surface area contributed by atoms with E-state index in [-0.39, 0.29) is 12.0 Å². The third kappa shape index (κ3) is 4.26. The van der Waals surface area contributed by atoms with Crippen molar-refractivity contribution >= 4 is 9.84 Å². The van der Waals surface area contributed by atoms with Gasteiger partial charge in [0.2, 0.25) is 0 Å². The lowest BCUT2D eigenvalue weighted by molar-refractivity contribution is 0.406. The van der Waals surface area contributed by atoms with Gasteiger partial charge in [0.05, 0.1) is 11.5 Å². The van der Waals surface area contributed by atoms with Crippen LogP contribution in [-0.2, 0) is 22.7 Å². The van der Waals surface area contributed by atoms with E-state index in [0.29, 0.717) is 11.5 Å². The fourth-order valence-corrected chi connectivity index (χ4v) is 4.59. The minimum Gasteiger partial charge on any atom is -0.271 e. The van der Waals surface area contributed by atoms with E-state index in [4.69, 9.17) is 5.84 Å². The highest BCUT2D eigenvalue weighted by atomic mass is 32.2. The Bertz CT molecular complexity index is 528. The highest BCUT2D eigenvalue weighted by Crippen LogP contribution is 2.23. The van der Waals surface area contributed by atoms with Crippen LogP contribution < -0.4 is 11.3 Å². The van der Waals surface area contributed by atoms with Gasteiger partial charge in [0.1, 0.15) is 0 Å². The predicted octanol–water partition coefficient (Wildman–Crippen LogP) is 0.843. The molecule has 1 aliphatic rings. The Hall–Kier alpha value is -0.980. The summed E-state index contributed by atoms with van der Waals surface area (Å²) in [6.07, 6.45) is 5.14. The maximum absolute atomic E-state index is 11.5. The predicted molar refractivity (Wildman–Crippen MR) is 79.8 cm³/mol. The molecule has 0 aliphatic carbocycles. The summed E-state index contributed by atoms with van der Waals surface area (Å²) >= 11 is 0. The fourth-order valence-electron chi connectivity index (χ4n) is 2.71. The van der Waals surface area contributed by atoms with Gasteiger partial charge in [-0.3, -0.25) is 16.3 Å². The molecule has 2 unspecified atom stereocenters. The fraction of sp³-hybridized carbons (Fsp3) is 0.643. The molecular weight excluding hydrogens is 274 g/mol. The van der Waals surface area contributed by atoms with Crippen molar-refractivity contribution in [2.75, 3.05) is 11.5 Å². The highest BCUT2D eigenvalue weighted by molar-refractivity contribution is 7.91. The number of hydrogen-bond donors (Lipinski definition) is 2. The molecule has 0 spiro atoms. The number of nitrogens with zero attached hydrogens (tertiary/aromatic N) is 1. The van der Waals surface area contributed by atoms with Crippen molar-refractivity contribution in [2.45, 2.75) is 38.6 Å². The van der Waals surface area contributed by atoms with Crippen molar-refractivity contribution in [1.29, 1.82) is 0 Å². The quantitative estimate of drug-likeness (QED) is 0.600. The minimum absolute atomic E-state index is 0.0771. The summed E-state index contributed by atoms with van der Waals surface area (Å²) in [6.45, 7) is 2.10. The maximum Gasteiger partial charge on any atom is 0.150 e. The Kier molecular flexibility index (Phi) is 5.12. The molecule has 20 heavy (non-hydrogen) atoms. The van der Waals surface area contributed by atoms with Gasteiger partial charge in [-0.1, -0.05) is 13.0 Å². The summed E-state index contributed by atoms with van der Waals surface area (Å²) in [4.78, 5) is 4.43. The number of rotatable bonds is 6. The van der Waals surface area contributed by atoms with E-state index in [1.54, 1.807) is 0 Å². The molecule has 0 aromatic carbocycles. The zero-order valence-electron chi connectivity index (χ0n) is 11.9. The van der Waals surface area contributed by atoms with Crippen LogP contribution in [0.5, 0.6) is 0 Å². The molecule has 2 heterocycles. The first-order valence-corrected chi connectivity index (χ1v) is 8.95. The molecule has 3 N–H and O–H groups in total. The third-order valence-corrected chi connectivity index (χ3v) is 5.77. The van der Waals surface area contributed by atoms with Gasteiger partial charge in [0.25, 0.3) is 0 Å². The van der Waals surface area contributed by atoms with E-state index in [2.05, 4.69) is 23.4 Å². The first kappa shape index (κ1) is 15.4. The van der Waals surface area contributed by atoms with Crippen LogP contribution in [0.15, 0.2) is 18.3 Å². The van der Waals surface area contributed by atoms with Gasteiger partial charge in [0.15, 0.2) is 9.84 Å². The summed E-state index contributed by atoms with van der Waals surface area (Å²) < 4.78 is 23.0. The molecule has 0 saturated carbocycles. The maximum atomic E-state index is 11.5. The van der Waals surface area contributed by atoms with Crippen molar-refractivity contribution in [3.05, 3.63) is 29.6 Å². The molecule has 6 heteroatoms. The molecule has 1 aromatic heterocycles. The second kappa shape index (κ2) is 6.65. The lowest BCUT2D eigenvalue weighted by Gasteiger charge is -2.18. The van der Waals surface area contributed by atoms with Gasteiger partial charge >= 0.3 is 0 Å². The Morgan fingerprint density at radius 2 is 2.30 bits per heavy atom. The lowest BCUT2D eigenvalue weighted by atomic mass is 9.96. The molecule has 2 rings (SSSR count). The van der Waals surface area contributed by atoms with E-state index >= 15 is 0 Å². The van der Waals surface area contributed by atoms with Crippen LogP contribution in [0.2, 0.25) is 0 Å². The van der Waals surface area contributed by atoms with E-state index in [0.717, 1.165) is 31.4 Å². The second-order valence-electron chi connectivity index (χ2n) is 5.58. The number of sulfone groups is 1. The van der Waals surface area contributed by atoms with Gasteiger partial charge in [-0.15, -0.1) is 0 Å². The molecule has 0 radical (unpaired) electrons. The molecule has 5 nitrogen and oxygen atoms in total. The molecule has 112 valence electrons. The van der Waals surface area contributed by atoms with E-state index in [1.807, 2.05) is 12.3 Å². The molecule has 0 bridgehead atoms. The Balaban J connectivity index is 1.91. The molecule has 0 amide bonds. The van der Waals surface area contributed by atoms with Crippen molar-refractivity contribution in [2.24, 2.45) is 11.8 Å². The Labute approximate surface area is 120 Å². The number of nitrogens with one attached hydrogen (secondary N) is 1. The smallest absolute Gasteiger partial charge is 0.150 e. The second-order valence-corrected chi connectivity index (χ2v) is 7.81. The SMILES string of the molecule is CCc1ccc(CC(CC2CCS(=O)(=O)C2)NN)nc1. The molecule has 1 aromatic rings. The Morgan fingerprint density at radius 1 is 1.50 bits per heavy atom. The topological polar surface area (TPSA) is 85.1 Å². The normalized spacial score (nSPS) is 22.8. The van der Waals surface area contributed by atoms with Crippen LogP contribution in [0.4, 0.5) is 0 Å². The monoisotopic (exact) mass is 297 g/mol. The average Bonchev–Trinajstić information content (AvgIpc) is 2.78. The standard InChI is InChI=1S/C14H23N3O2S/c1-2-11-3-4-13(16-9-11)8-14(17-15)7-12-5-6-20(18,19)10-12/h3-4,9,12,14,17H,2,5-8,10,15H2,1H3. The van der Waals surface area contributed by atoms with Crippen LogP contribution in [0.3, 0.4) is 0 Å². The summed E-state index contributed by atoms with van der Waals surface area (Å²) in [6, 6.07) is 4.18. The first-order valence-electron chi connectivity index (χ1n) is 7.12. The van der Waals surface area contributed by atoms with E-state index in [9.17, 15) is 8.42 Å². The highest BCUT2D eigenvalue weighted by Gasteiger charge is 2.29. The number of aromatic nitrogens is 1. The van der Waals surface area contributed by atoms with Gasteiger partial charge in [-0.25, -0.2) is 8.42 Å². The third-order valence-electron chi connectivity index (χ3n) is 3.93. The van der Waals surface area contributed by atoms with Crippen molar-refractivity contribution < 1.29 is 8.42 Å².